The van der Waals surface area contributed by atoms with Gasteiger partial charge in [-0.3, -0.25) is 0 Å². The molecule has 0 unspecified atom stereocenters. The van der Waals surface area contributed by atoms with Gasteiger partial charge in [-0.05, 0) is 35.4 Å². The van der Waals surface area contributed by atoms with Gasteiger partial charge in [0, 0.05) is 4.47 Å². The Morgan fingerprint density at radius 1 is 1.25 bits per heavy atom. The Bertz CT molecular complexity index is 572. The van der Waals surface area contributed by atoms with Crippen molar-refractivity contribution in [1.82, 2.24) is 0 Å². The fourth-order valence-corrected chi connectivity index (χ4v) is 1.84. The Hall–Kier alpha value is -1.66. The number of nitriles is 1. The zero-order chi connectivity index (χ0) is 11.5. The molecule has 0 spiro atoms. The van der Waals surface area contributed by atoms with E-state index >= 15 is 0 Å². The van der Waals surface area contributed by atoms with Crippen LogP contribution >= 0.6 is 15.9 Å². The summed E-state index contributed by atoms with van der Waals surface area (Å²) in [6.07, 6.45) is 0. The molecule has 0 saturated carbocycles. The van der Waals surface area contributed by atoms with Gasteiger partial charge in [-0.1, -0.05) is 34.1 Å². The highest BCUT2D eigenvalue weighted by molar-refractivity contribution is 9.10. The van der Waals surface area contributed by atoms with E-state index in [0.29, 0.717) is 5.56 Å². The molecule has 0 bridgehead atoms. The van der Waals surface area contributed by atoms with Gasteiger partial charge >= 0.3 is 0 Å². The van der Waals surface area contributed by atoms with Crippen LogP contribution in [0.25, 0.3) is 11.1 Å². The molecule has 0 saturated heterocycles. The second-order valence-corrected chi connectivity index (χ2v) is 4.08. The lowest BCUT2D eigenvalue weighted by atomic mass is 10.0. The van der Waals surface area contributed by atoms with E-state index in [1.54, 1.807) is 12.1 Å². The van der Waals surface area contributed by atoms with Crippen molar-refractivity contribution in [1.29, 1.82) is 5.26 Å². The monoisotopic (exact) mass is 274 g/mol. The third kappa shape index (κ3) is 2.12. The summed E-state index contributed by atoms with van der Waals surface area (Å²) in [7, 11) is 0. The maximum atomic E-state index is 13.0. The largest absolute Gasteiger partial charge is 0.207 e. The lowest BCUT2D eigenvalue weighted by molar-refractivity contribution is 0.627. The summed E-state index contributed by atoms with van der Waals surface area (Å²) in [5.74, 6) is -0.401. The molecule has 3 heteroatoms. The lowest BCUT2D eigenvalue weighted by Gasteiger charge is -2.04. The van der Waals surface area contributed by atoms with E-state index < -0.39 is 5.82 Å². The normalized spacial score (nSPS) is 9.81. The van der Waals surface area contributed by atoms with E-state index in [1.807, 2.05) is 18.2 Å². The van der Waals surface area contributed by atoms with Gasteiger partial charge in [0.1, 0.15) is 5.82 Å². The van der Waals surface area contributed by atoms with Crippen LogP contribution in [0, 0.1) is 23.2 Å². The molecule has 0 amide bonds. The minimum Gasteiger partial charge on any atom is -0.207 e. The summed E-state index contributed by atoms with van der Waals surface area (Å²) in [5, 5.41) is 8.94. The summed E-state index contributed by atoms with van der Waals surface area (Å²) in [5.41, 5.74) is 1.92. The van der Waals surface area contributed by atoms with Gasteiger partial charge < -0.3 is 0 Å². The van der Waals surface area contributed by atoms with Crippen molar-refractivity contribution >= 4 is 15.9 Å². The van der Waals surface area contributed by atoms with E-state index in [-0.39, 0.29) is 0 Å². The van der Waals surface area contributed by atoms with Gasteiger partial charge in [-0.2, -0.15) is 5.26 Å². The molecule has 0 fully saturated rings. The van der Waals surface area contributed by atoms with Crippen molar-refractivity contribution in [2.24, 2.45) is 0 Å². The molecule has 0 aliphatic carbocycles. The average molecular weight is 275 g/mol. The van der Waals surface area contributed by atoms with Crippen LogP contribution in [-0.2, 0) is 0 Å². The summed E-state index contributed by atoms with van der Waals surface area (Å²) < 4.78 is 13.8. The summed E-state index contributed by atoms with van der Waals surface area (Å²) in [6, 6.07) is 14.6. The maximum Gasteiger partial charge on any atom is 0.124 e. The molecule has 77 valence electrons. The van der Waals surface area contributed by atoms with E-state index in [4.69, 9.17) is 5.26 Å². The van der Waals surface area contributed by atoms with E-state index in [1.165, 1.54) is 12.1 Å². The van der Waals surface area contributed by atoms with E-state index in [9.17, 15) is 4.39 Å². The average Bonchev–Trinajstić information content (AvgIpc) is 2.28. The minimum atomic E-state index is -0.401. The van der Waals surface area contributed by atoms with Crippen LogP contribution < -0.4 is 0 Å². The van der Waals surface area contributed by atoms with E-state index in [2.05, 4.69) is 22.0 Å². The molecule has 2 aromatic carbocycles. The molecule has 16 heavy (non-hydrogen) atoms. The predicted octanol–water partition coefficient (Wildman–Crippen LogP) is 3.93. The fraction of sp³-hybridized carbons (Fsp3) is 0. The lowest BCUT2D eigenvalue weighted by Crippen LogP contribution is -1.86. The highest BCUT2D eigenvalue weighted by Gasteiger charge is 2.06. The number of halogens is 2. The molecule has 2 rings (SSSR count). The first kappa shape index (κ1) is 10.8. The van der Waals surface area contributed by atoms with Gasteiger partial charge in [0.15, 0.2) is 0 Å². The van der Waals surface area contributed by atoms with Crippen molar-refractivity contribution in [3.05, 3.63) is 58.3 Å². The third-order valence-corrected chi connectivity index (χ3v) is 2.64. The van der Waals surface area contributed by atoms with Crippen molar-refractivity contribution in [2.75, 3.05) is 0 Å². The molecular formula is C13H6BrFN. The number of hydrogen-bond acceptors (Lipinski definition) is 1. The van der Waals surface area contributed by atoms with Crippen LogP contribution in [0.15, 0.2) is 40.9 Å². The zero-order valence-corrected chi connectivity index (χ0v) is 9.75. The number of rotatable bonds is 1. The Kier molecular flexibility index (Phi) is 3.02. The molecule has 0 atom stereocenters. The Balaban J connectivity index is 2.61. The predicted molar refractivity (Wildman–Crippen MR) is 63.1 cm³/mol. The van der Waals surface area contributed by atoms with E-state index in [0.717, 1.165) is 15.6 Å². The fourth-order valence-electron chi connectivity index (χ4n) is 1.47. The number of benzene rings is 2. The SMILES string of the molecule is N#Cc1cc(F)ccc1-c1cc[c]c(Br)c1. The molecule has 2 aromatic rings. The quantitative estimate of drug-likeness (QED) is 0.773. The van der Waals surface area contributed by atoms with Crippen LogP contribution in [0.1, 0.15) is 5.56 Å². The number of nitrogens with zero attached hydrogens (tertiary/aromatic N) is 1. The summed E-state index contributed by atoms with van der Waals surface area (Å²) >= 11 is 3.31. The second-order valence-electron chi connectivity index (χ2n) is 3.23. The first-order valence-electron chi connectivity index (χ1n) is 4.58. The first-order chi connectivity index (χ1) is 7.70. The van der Waals surface area contributed by atoms with Crippen molar-refractivity contribution in [3.8, 4) is 17.2 Å². The number of hydrogen-bond donors (Lipinski definition) is 0. The molecule has 0 aliphatic heterocycles. The van der Waals surface area contributed by atoms with Gasteiger partial charge in [0.2, 0.25) is 0 Å². The van der Waals surface area contributed by atoms with Crippen molar-refractivity contribution < 1.29 is 4.39 Å². The van der Waals surface area contributed by atoms with Crippen LogP contribution in [0.3, 0.4) is 0 Å². The van der Waals surface area contributed by atoms with Gasteiger partial charge in [0.05, 0.1) is 11.6 Å². The Labute approximate surface area is 101 Å². The molecule has 0 aromatic heterocycles. The summed E-state index contributed by atoms with van der Waals surface area (Å²) in [6.45, 7) is 0. The molecule has 1 nitrogen and oxygen atoms in total. The van der Waals surface area contributed by atoms with Crippen LogP contribution in [-0.4, -0.2) is 0 Å². The standard InChI is InChI=1S/C13H6BrFN/c14-11-3-1-2-9(6-11)13-5-4-12(15)7-10(13)8-16/h1-2,4-7H. The highest BCUT2D eigenvalue weighted by Crippen LogP contribution is 2.26. The van der Waals surface area contributed by atoms with Crippen LogP contribution in [0.4, 0.5) is 4.39 Å². The first-order valence-corrected chi connectivity index (χ1v) is 5.37. The molecule has 0 N–H and O–H groups in total. The minimum absolute atomic E-state index is 0.332. The Morgan fingerprint density at radius 2 is 2.06 bits per heavy atom. The smallest absolute Gasteiger partial charge is 0.124 e. The molecule has 0 aliphatic rings. The zero-order valence-electron chi connectivity index (χ0n) is 8.17. The van der Waals surface area contributed by atoms with Crippen LogP contribution in [0.5, 0.6) is 0 Å². The van der Waals surface area contributed by atoms with Crippen molar-refractivity contribution in [3.63, 3.8) is 0 Å². The van der Waals surface area contributed by atoms with Crippen molar-refractivity contribution in [2.45, 2.75) is 0 Å². The topological polar surface area (TPSA) is 23.8 Å². The Morgan fingerprint density at radius 3 is 2.75 bits per heavy atom. The van der Waals surface area contributed by atoms with Crippen LogP contribution in [0.2, 0.25) is 0 Å². The summed E-state index contributed by atoms with van der Waals surface area (Å²) in [4.78, 5) is 0. The van der Waals surface area contributed by atoms with Gasteiger partial charge in [-0.15, -0.1) is 0 Å². The van der Waals surface area contributed by atoms with Gasteiger partial charge in [-0.25, -0.2) is 4.39 Å². The second kappa shape index (κ2) is 4.46. The highest BCUT2D eigenvalue weighted by atomic mass is 79.9. The molecule has 0 heterocycles. The maximum absolute atomic E-state index is 13.0. The molecule has 1 radical (unpaired) electrons. The van der Waals surface area contributed by atoms with Gasteiger partial charge in [0.25, 0.3) is 0 Å². The molecular weight excluding hydrogens is 269 g/mol. The third-order valence-electron chi connectivity index (χ3n) is 2.18.